The average Bonchev–Trinajstić information content (AvgIpc) is 3.02. The van der Waals surface area contributed by atoms with Gasteiger partial charge in [-0.1, -0.05) is 25.1 Å². The summed E-state index contributed by atoms with van der Waals surface area (Å²) in [7, 11) is 0. The van der Waals surface area contributed by atoms with E-state index in [0.29, 0.717) is 18.2 Å². The fourth-order valence-corrected chi connectivity index (χ4v) is 4.12. The molecular weight excluding hydrogens is 311 g/mol. The highest BCUT2D eigenvalue weighted by Gasteiger charge is 2.28. The molecule has 0 saturated heterocycles. The van der Waals surface area contributed by atoms with Gasteiger partial charge in [0.25, 0.3) is 0 Å². The number of rotatable bonds is 5. The zero-order chi connectivity index (χ0) is 16.2. The highest BCUT2D eigenvalue weighted by Crippen LogP contribution is 2.34. The van der Waals surface area contributed by atoms with E-state index in [1.54, 1.807) is 29.5 Å². The molecule has 1 N–H and O–H groups in total. The standard InChI is InChI=1S/C18H21FN2OS/c1-2-16-14-8-10-23-17(14)7-9-21(16)12-18(22)20-11-13-5-3-4-6-15(13)19/h3-6,8,10,16H,2,7,9,11-12H2,1H3,(H,20,22)/t16-/m0/s1. The summed E-state index contributed by atoms with van der Waals surface area (Å²) in [5.74, 6) is -0.328. The van der Waals surface area contributed by atoms with E-state index >= 15 is 0 Å². The first-order valence-corrected chi connectivity index (χ1v) is 8.87. The van der Waals surface area contributed by atoms with Crippen LogP contribution >= 0.6 is 11.3 Å². The van der Waals surface area contributed by atoms with E-state index in [0.717, 1.165) is 19.4 Å². The minimum atomic E-state index is -0.278. The number of halogens is 1. The predicted molar refractivity (Wildman–Crippen MR) is 90.9 cm³/mol. The van der Waals surface area contributed by atoms with Crippen molar-refractivity contribution in [2.24, 2.45) is 0 Å². The van der Waals surface area contributed by atoms with Gasteiger partial charge in [0.05, 0.1) is 6.54 Å². The Balaban J connectivity index is 1.59. The first-order chi connectivity index (χ1) is 11.2. The number of nitrogens with zero attached hydrogens (tertiary/aromatic N) is 1. The minimum Gasteiger partial charge on any atom is -0.351 e. The van der Waals surface area contributed by atoms with Crippen LogP contribution in [-0.4, -0.2) is 23.9 Å². The number of fused-ring (bicyclic) bond motifs is 1. The normalized spacial score (nSPS) is 17.7. The molecule has 0 fully saturated rings. The van der Waals surface area contributed by atoms with Crippen molar-refractivity contribution in [3.8, 4) is 0 Å². The number of carbonyl (C=O) groups is 1. The monoisotopic (exact) mass is 332 g/mol. The van der Waals surface area contributed by atoms with Crippen molar-refractivity contribution in [1.29, 1.82) is 0 Å². The van der Waals surface area contributed by atoms with Crippen LogP contribution in [0.15, 0.2) is 35.7 Å². The van der Waals surface area contributed by atoms with E-state index in [2.05, 4.69) is 28.6 Å². The lowest BCUT2D eigenvalue weighted by Crippen LogP contribution is -2.42. The van der Waals surface area contributed by atoms with Crippen molar-refractivity contribution in [3.63, 3.8) is 0 Å². The summed E-state index contributed by atoms with van der Waals surface area (Å²) >= 11 is 1.81. The Hall–Kier alpha value is -1.72. The summed E-state index contributed by atoms with van der Waals surface area (Å²) in [4.78, 5) is 15.9. The van der Waals surface area contributed by atoms with E-state index in [9.17, 15) is 9.18 Å². The Kier molecular flexibility index (Phi) is 5.08. The third-order valence-corrected chi connectivity index (χ3v) is 5.37. The maximum absolute atomic E-state index is 13.6. The smallest absolute Gasteiger partial charge is 0.234 e. The molecule has 122 valence electrons. The number of hydrogen-bond donors (Lipinski definition) is 1. The van der Waals surface area contributed by atoms with Gasteiger partial charge in [-0.2, -0.15) is 0 Å². The highest BCUT2D eigenvalue weighted by atomic mass is 32.1. The zero-order valence-electron chi connectivity index (χ0n) is 13.2. The molecule has 3 nitrogen and oxygen atoms in total. The molecule has 1 aromatic carbocycles. The molecule has 1 aliphatic heterocycles. The fourth-order valence-electron chi connectivity index (χ4n) is 3.19. The summed E-state index contributed by atoms with van der Waals surface area (Å²) < 4.78 is 13.6. The molecule has 1 amide bonds. The van der Waals surface area contributed by atoms with Gasteiger partial charge >= 0.3 is 0 Å². The second-order valence-electron chi connectivity index (χ2n) is 5.81. The van der Waals surface area contributed by atoms with Crippen LogP contribution in [0.3, 0.4) is 0 Å². The van der Waals surface area contributed by atoms with E-state index in [1.807, 2.05) is 0 Å². The van der Waals surface area contributed by atoms with Gasteiger partial charge in [-0.3, -0.25) is 9.69 Å². The Morgan fingerprint density at radius 2 is 2.22 bits per heavy atom. The first-order valence-electron chi connectivity index (χ1n) is 7.99. The summed E-state index contributed by atoms with van der Waals surface area (Å²) in [6, 6.07) is 9.03. The van der Waals surface area contributed by atoms with Crippen LogP contribution in [0.25, 0.3) is 0 Å². The fraction of sp³-hybridized carbons (Fsp3) is 0.389. The van der Waals surface area contributed by atoms with Crippen LogP contribution < -0.4 is 5.32 Å². The Morgan fingerprint density at radius 1 is 1.39 bits per heavy atom. The second kappa shape index (κ2) is 7.23. The van der Waals surface area contributed by atoms with Gasteiger partial charge in [0.1, 0.15) is 5.82 Å². The Labute approximate surface area is 140 Å². The minimum absolute atomic E-state index is 0.0506. The van der Waals surface area contributed by atoms with Crippen molar-refractivity contribution >= 4 is 17.2 Å². The van der Waals surface area contributed by atoms with E-state index in [-0.39, 0.29) is 18.3 Å². The molecule has 0 saturated carbocycles. The molecule has 1 aliphatic rings. The third-order valence-electron chi connectivity index (χ3n) is 4.37. The Bertz CT molecular complexity index is 685. The zero-order valence-corrected chi connectivity index (χ0v) is 14.0. The molecular formula is C18H21FN2OS. The van der Waals surface area contributed by atoms with Gasteiger partial charge in [-0.25, -0.2) is 4.39 Å². The van der Waals surface area contributed by atoms with Gasteiger partial charge < -0.3 is 5.32 Å². The summed E-state index contributed by atoms with van der Waals surface area (Å²) in [6.45, 7) is 3.66. The summed E-state index contributed by atoms with van der Waals surface area (Å²) in [5.41, 5.74) is 1.89. The van der Waals surface area contributed by atoms with E-state index in [1.165, 1.54) is 16.5 Å². The van der Waals surface area contributed by atoms with Crippen molar-refractivity contribution in [2.75, 3.05) is 13.1 Å². The van der Waals surface area contributed by atoms with E-state index in [4.69, 9.17) is 0 Å². The SMILES string of the molecule is CC[C@H]1c2ccsc2CCN1CC(=O)NCc1ccccc1F. The molecule has 5 heteroatoms. The predicted octanol–water partition coefficient (Wildman–Crippen LogP) is 3.51. The number of carbonyl (C=O) groups excluding carboxylic acids is 1. The first kappa shape index (κ1) is 16.1. The number of thiophene rings is 1. The van der Waals surface area contributed by atoms with Crippen LogP contribution in [0.4, 0.5) is 4.39 Å². The largest absolute Gasteiger partial charge is 0.351 e. The van der Waals surface area contributed by atoms with Gasteiger partial charge in [0.2, 0.25) is 5.91 Å². The molecule has 1 atom stereocenters. The lowest BCUT2D eigenvalue weighted by Gasteiger charge is -2.34. The summed E-state index contributed by atoms with van der Waals surface area (Å²) in [5, 5.41) is 4.97. The van der Waals surface area contributed by atoms with Crippen molar-refractivity contribution < 1.29 is 9.18 Å². The van der Waals surface area contributed by atoms with Crippen molar-refractivity contribution in [2.45, 2.75) is 32.4 Å². The van der Waals surface area contributed by atoms with Gasteiger partial charge in [0.15, 0.2) is 0 Å². The molecule has 2 aromatic rings. The topological polar surface area (TPSA) is 32.3 Å². The molecule has 0 radical (unpaired) electrons. The highest BCUT2D eigenvalue weighted by molar-refractivity contribution is 7.10. The Morgan fingerprint density at radius 3 is 3.00 bits per heavy atom. The average molecular weight is 332 g/mol. The van der Waals surface area contributed by atoms with Gasteiger partial charge in [0, 0.05) is 29.6 Å². The quantitative estimate of drug-likeness (QED) is 0.909. The molecule has 3 rings (SSSR count). The lowest BCUT2D eigenvalue weighted by atomic mass is 9.98. The van der Waals surface area contributed by atoms with Crippen LogP contribution in [-0.2, 0) is 17.8 Å². The number of benzene rings is 1. The van der Waals surface area contributed by atoms with Crippen LogP contribution in [0.1, 0.15) is 35.4 Å². The van der Waals surface area contributed by atoms with Crippen molar-refractivity contribution in [1.82, 2.24) is 10.2 Å². The lowest BCUT2D eigenvalue weighted by molar-refractivity contribution is -0.123. The van der Waals surface area contributed by atoms with Crippen LogP contribution in [0, 0.1) is 5.82 Å². The molecule has 0 spiro atoms. The maximum atomic E-state index is 13.6. The van der Waals surface area contributed by atoms with Crippen molar-refractivity contribution in [3.05, 3.63) is 57.5 Å². The molecule has 0 unspecified atom stereocenters. The van der Waals surface area contributed by atoms with Gasteiger partial charge in [-0.15, -0.1) is 11.3 Å². The number of amides is 1. The molecule has 0 aliphatic carbocycles. The molecule has 2 heterocycles. The maximum Gasteiger partial charge on any atom is 0.234 e. The van der Waals surface area contributed by atoms with Crippen LogP contribution in [0.5, 0.6) is 0 Å². The van der Waals surface area contributed by atoms with Gasteiger partial charge in [-0.05, 0) is 35.9 Å². The van der Waals surface area contributed by atoms with Crippen LogP contribution in [0.2, 0.25) is 0 Å². The number of nitrogens with one attached hydrogen (secondary N) is 1. The molecule has 0 bridgehead atoms. The number of hydrogen-bond acceptors (Lipinski definition) is 3. The molecule has 1 aromatic heterocycles. The molecule has 23 heavy (non-hydrogen) atoms. The summed E-state index contributed by atoms with van der Waals surface area (Å²) in [6.07, 6.45) is 1.99. The third kappa shape index (κ3) is 3.62. The second-order valence-corrected chi connectivity index (χ2v) is 6.81. The van der Waals surface area contributed by atoms with E-state index < -0.39 is 0 Å².